The first-order valence-electron chi connectivity index (χ1n) is 24.4. The van der Waals surface area contributed by atoms with Crippen LogP contribution in [0.1, 0.15) is 118 Å². The van der Waals surface area contributed by atoms with Crippen LogP contribution in [0.15, 0.2) is 11.1 Å². The van der Waals surface area contributed by atoms with E-state index in [0.717, 1.165) is 25.7 Å². The number of nitrogens with one attached hydrogen (secondary N) is 2. The number of fused-ring (bicyclic) bond motifs is 3. The zero-order valence-electron chi connectivity index (χ0n) is 38.0. The van der Waals surface area contributed by atoms with Crippen LogP contribution in [0.5, 0.6) is 0 Å². The summed E-state index contributed by atoms with van der Waals surface area (Å²) in [7, 11) is 1.68. The summed E-state index contributed by atoms with van der Waals surface area (Å²) in [6, 6.07) is -0.877. The molecule has 7 bridgehead atoms. The van der Waals surface area contributed by atoms with Crippen LogP contribution < -0.4 is 10.6 Å². The van der Waals surface area contributed by atoms with Gasteiger partial charge in [0, 0.05) is 80.9 Å². The summed E-state index contributed by atoms with van der Waals surface area (Å²) in [5, 5.41) is 81.9. The van der Waals surface area contributed by atoms with E-state index in [1.54, 1.807) is 14.0 Å². The van der Waals surface area contributed by atoms with Crippen molar-refractivity contribution in [3.63, 3.8) is 0 Å². The number of hydrogen-bond donors (Lipinski definition) is 8. The van der Waals surface area contributed by atoms with Gasteiger partial charge < -0.3 is 55.1 Å². The van der Waals surface area contributed by atoms with Crippen LogP contribution in [-0.4, -0.2) is 147 Å². The molecule has 10 rings (SSSR count). The molecule has 0 unspecified atom stereocenters. The number of carbonyl (C=O) groups excluding carboxylic acids is 2. The number of amides is 1. The Labute approximate surface area is 372 Å². The number of nitrogens with zero attached hydrogens (tertiary/aromatic N) is 1. The molecule has 14 heteroatoms. The Bertz CT molecular complexity index is 1960. The first kappa shape index (κ1) is 44.8. The molecule has 14 nitrogen and oxygen atoms in total. The molecule has 17 atom stereocenters. The summed E-state index contributed by atoms with van der Waals surface area (Å²) in [6.07, 6.45) is 4.10. The SMILES string of the molecule is COCCCO[C@H]1CC[C@@]2(C)[C@@H](C1)C(=O)C1=C3[C@@]24C#CC[C@@H]2CN2C(=O)[C@@H]2N[C@@H](O)[C@@H]5O[C@@H]([C@H](CNC[C@H](C)O)[C@H]5C25CCCC5)C(O)(O)[C@@](C)(O)[C@H]2C[C@@H](CC1)[C@]3(O)[C@]2(C)CC4. The van der Waals surface area contributed by atoms with Gasteiger partial charge in [-0.05, 0) is 107 Å². The van der Waals surface area contributed by atoms with Crippen molar-refractivity contribution >= 4 is 11.7 Å². The lowest BCUT2D eigenvalue weighted by Crippen LogP contribution is -2.71. The van der Waals surface area contributed by atoms with Gasteiger partial charge in [-0.1, -0.05) is 32.6 Å². The minimum absolute atomic E-state index is 0.0570. The van der Waals surface area contributed by atoms with Gasteiger partial charge in [0.1, 0.15) is 24.0 Å². The van der Waals surface area contributed by atoms with E-state index in [1.807, 2.05) is 11.8 Å². The average Bonchev–Trinajstić information content (AvgIpc) is 3.52. The number of ketones is 1. The second-order valence-corrected chi connectivity index (χ2v) is 22.6. The molecule has 1 spiro atoms. The van der Waals surface area contributed by atoms with Crippen molar-refractivity contribution in [2.45, 2.75) is 177 Å². The van der Waals surface area contributed by atoms with E-state index in [1.165, 1.54) is 6.92 Å². The third-order valence-corrected chi connectivity index (χ3v) is 19.8. The molecule has 10 aliphatic rings. The van der Waals surface area contributed by atoms with Crippen LogP contribution in [0.4, 0.5) is 0 Å². The number of Topliss-reactive ketones (excluding diaryl/α,β-unsaturated/α-hetero) is 1. The van der Waals surface area contributed by atoms with Gasteiger partial charge in [-0.2, -0.15) is 0 Å². The van der Waals surface area contributed by atoms with Crippen molar-refractivity contribution in [1.29, 1.82) is 0 Å². The van der Waals surface area contributed by atoms with E-state index >= 15 is 4.79 Å². The normalized spacial score (nSPS) is 49.3. The van der Waals surface area contributed by atoms with E-state index in [2.05, 4.69) is 29.4 Å². The fourth-order valence-electron chi connectivity index (χ4n) is 16.5. The van der Waals surface area contributed by atoms with Crippen molar-refractivity contribution in [3.8, 4) is 11.8 Å². The summed E-state index contributed by atoms with van der Waals surface area (Å²) < 4.78 is 18.4. The number of aliphatic hydroxyl groups is 6. The zero-order valence-corrected chi connectivity index (χ0v) is 38.0. The third-order valence-electron chi connectivity index (χ3n) is 19.8. The number of aliphatic hydroxyl groups excluding tert-OH is 2. The molecule has 3 saturated heterocycles. The topological polar surface area (TPSA) is 210 Å². The number of hydrogen-bond acceptors (Lipinski definition) is 13. The molecule has 8 N–H and O–H groups in total. The monoisotopic (exact) mass is 880 g/mol. The van der Waals surface area contributed by atoms with Crippen molar-refractivity contribution < 1.29 is 54.4 Å². The molecule has 7 fully saturated rings. The second-order valence-electron chi connectivity index (χ2n) is 22.6. The van der Waals surface area contributed by atoms with Crippen molar-refractivity contribution in [3.05, 3.63) is 11.1 Å². The Morgan fingerprint density at radius 2 is 1.76 bits per heavy atom. The Morgan fingerprint density at radius 3 is 2.49 bits per heavy atom. The van der Waals surface area contributed by atoms with E-state index < -0.39 is 87.0 Å². The highest BCUT2D eigenvalue weighted by Crippen LogP contribution is 2.77. The minimum Gasteiger partial charge on any atom is -0.392 e. The molecule has 0 aromatic carbocycles. The van der Waals surface area contributed by atoms with E-state index in [9.17, 15) is 35.4 Å². The summed E-state index contributed by atoms with van der Waals surface area (Å²) >= 11 is 0. The number of methoxy groups -OCH3 is 1. The molecular formula is C49H73N3O11. The first-order valence-corrected chi connectivity index (χ1v) is 24.4. The summed E-state index contributed by atoms with van der Waals surface area (Å²) in [4.78, 5) is 31.9. The average molecular weight is 880 g/mol. The highest BCUT2D eigenvalue weighted by molar-refractivity contribution is 6.01. The lowest BCUT2D eigenvalue weighted by molar-refractivity contribution is -0.344. The quantitative estimate of drug-likeness (QED) is 0.0722. The van der Waals surface area contributed by atoms with Crippen molar-refractivity contribution in [2.24, 2.45) is 51.2 Å². The highest BCUT2D eigenvalue weighted by Gasteiger charge is 2.80. The molecule has 63 heavy (non-hydrogen) atoms. The first-order chi connectivity index (χ1) is 29.8. The van der Waals surface area contributed by atoms with Gasteiger partial charge >= 0.3 is 0 Å². The van der Waals surface area contributed by atoms with E-state index in [0.29, 0.717) is 95.1 Å². The standard InChI is InChI=1S/C49H73N3O11/c1-27(53)24-50-25-32-35-37-41(55)51-39(46(35)14-6-7-15-46)42(56)52-26-29(52)10-8-16-47-19-18-44(3)34(45(4,57)49(59,60)40(32)63-37)22-28-11-12-31(38(47)48(28,44)58)36(54)33-23-30(13-17-43(33,47)2)62-21-9-20-61-5/h27-30,32-35,37,39-41,50-51,53,55,57-60H,6-7,9-15,17-26H2,1-5H3/t27-,28+,29+,30-,32+,33-,34-,35+,37+,39-,40-,41-,43-,44+,45-,47-,48+,52?/m0/s1. The van der Waals surface area contributed by atoms with Crippen LogP contribution in [0, 0.1) is 63.1 Å². The maximum atomic E-state index is 15.2. The Balaban J connectivity index is 1.12. The Kier molecular flexibility index (Phi) is 10.9. The summed E-state index contributed by atoms with van der Waals surface area (Å²) in [6.45, 7) is 9.40. The molecule has 0 aromatic heterocycles. The second kappa shape index (κ2) is 15.3. The largest absolute Gasteiger partial charge is 0.392 e. The van der Waals surface area contributed by atoms with Crippen LogP contribution in [0.2, 0.25) is 0 Å². The molecule has 0 radical (unpaired) electrons. The molecule has 4 heterocycles. The Hall–Kier alpha value is -2.00. The van der Waals surface area contributed by atoms with Crippen LogP contribution in [0.25, 0.3) is 0 Å². The minimum atomic E-state index is -2.90. The van der Waals surface area contributed by atoms with Gasteiger partial charge in [-0.3, -0.25) is 14.9 Å². The zero-order chi connectivity index (χ0) is 44.7. The molecule has 4 saturated carbocycles. The van der Waals surface area contributed by atoms with Crippen molar-refractivity contribution in [1.82, 2.24) is 15.5 Å². The van der Waals surface area contributed by atoms with Crippen LogP contribution in [-0.2, 0) is 23.8 Å². The summed E-state index contributed by atoms with van der Waals surface area (Å²) in [5.41, 5.74) is -5.77. The van der Waals surface area contributed by atoms with Gasteiger partial charge in [0.15, 0.2) is 5.78 Å². The number of rotatable bonds is 9. The number of ether oxygens (including phenoxy) is 3. The lowest BCUT2D eigenvalue weighted by Gasteiger charge is -2.67. The van der Waals surface area contributed by atoms with E-state index in [4.69, 9.17) is 14.2 Å². The predicted molar refractivity (Wildman–Crippen MR) is 229 cm³/mol. The van der Waals surface area contributed by atoms with Gasteiger partial charge in [0.25, 0.3) is 0 Å². The molecular weight excluding hydrogens is 807 g/mol. The fourth-order valence-corrected chi connectivity index (χ4v) is 16.5. The van der Waals surface area contributed by atoms with E-state index in [-0.39, 0.29) is 48.8 Å². The van der Waals surface area contributed by atoms with Crippen LogP contribution in [0.3, 0.4) is 0 Å². The number of piperidine rings is 1. The molecule has 1 amide bonds. The Morgan fingerprint density at radius 1 is 1.00 bits per heavy atom. The highest BCUT2D eigenvalue weighted by atomic mass is 16.6. The fraction of sp³-hybridized carbons (Fsp3) is 0.878. The molecule has 4 aliphatic heterocycles. The van der Waals surface area contributed by atoms with Crippen LogP contribution >= 0.6 is 0 Å². The van der Waals surface area contributed by atoms with Gasteiger partial charge in [0.2, 0.25) is 11.7 Å². The maximum absolute atomic E-state index is 15.2. The number of allylic oxidation sites excluding steroid dienone is 1. The molecule has 0 aromatic rings. The number of carbonyl (C=O) groups is 2. The smallest absolute Gasteiger partial charge is 0.240 e. The third kappa shape index (κ3) is 6.03. The summed E-state index contributed by atoms with van der Waals surface area (Å²) in [5.74, 6) is 1.74. The van der Waals surface area contributed by atoms with Crippen molar-refractivity contribution in [2.75, 3.05) is 40.0 Å². The predicted octanol–water partition coefficient (Wildman–Crippen LogP) is 1.91. The van der Waals surface area contributed by atoms with Gasteiger partial charge in [-0.25, -0.2) is 0 Å². The van der Waals surface area contributed by atoms with Gasteiger partial charge in [0.05, 0.1) is 35.3 Å². The maximum Gasteiger partial charge on any atom is 0.240 e. The van der Waals surface area contributed by atoms with Gasteiger partial charge in [-0.15, -0.1) is 5.92 Å². The lowest BCUT2D eigenvalue weighted by atomic mass is 9.37. The molecule has 6 aliphatic carbocycles. The molecule has 350 valence electrons.